The Morgan fingerprint density at radius 1 is 1.04 bits per heavy atom. The van der Waals surface area contributed by atoms with Gasteiger partial charge in [0, 0.05) is 26.2 Å². The first-order chi connectivity index (χ1) is 12.9. The van der Waals surface area contributed by atoms with Gasteiger partial charge in [0.2, 0.25) is 10.0 Å². The number of rotatable bonds is 4. The van der Waals surface area contributed by atoms with E-state index in [1.54, 1.807) is 11.3 Å². The van der Waals surface area contributed by atoms with Gasteiger partial charge in [-0.15, -0.1) is 11.3 Å². The number of sulfonamides is 1. The van der Waals surface area contributed by atoms with Crippen molar-refractivity contribution in [2.24, 2.45) is 0 Å². The summed E-state index contributed by atoms with van der Waals surface area (Å²) >= 11 is 1.62. The fourth-order valence-corrected chi connectivity index (χ4v) is 5.63. The zero-order valence-electron chi connectivity index (χ0n) is 14.3. The Morgan fingerprint density at radius 3 is 2.52 bits per heavy atom. The second-order valence-corrected chi connectivity index (χ2v) is 9.35. The van der Waals surface area contributed by atoms with E-state index in [4.69, 9.17) is 0 Å². The van der Waals surface area contributed by atoms with Gasteiger partial charge in [0.05, 0.1) is 16.8 Å². The van der Waals surface area contributed by atoms with Gasteiger partial charge in [0.15, 0.2) is 0 Å². The molecule has 0 radical (unpaired) electrons. The minimum atomic E-state index is -4.05. The van der Waals surface area contributed by atoms with Gasteiger partial charge in [-0.25, -0.2) is 22.2 Å². The lowest BCUT2D eigenvalue weighted by atomic mass is 10.3. The average molecular weight is 409 g/mol. The Kier molecular flexibility index (Phi) is 4.94. The van der Waals surface area contributed by atoms with Gasteiger partial charge in [-0.05, 0) is 30.3 Å². The van der Waals surface area contributed by atoms with Crippen molar-refractivity contribution in [3.8, 4) is 0 Å². The van der Waals surface area contributed by atoms with Crippen LogP contribution in [0.2, 0.25) is 0 Å². The maximum absolute atomic E-state index is 13.9. The molecule has 0 saturated carbocycles. The summed E-state index contributed by atoms with van der Waals surface area (Å²) in [5.74, 6) is -1.71. The molecule has 0 amide bonds. The van der Waals surface area contributed by atoms with Gasteiger partial charge in [0.25, 0.3) is 0 Å². The number of halogens is 2. The molecule has 27 heavy (non-hydrogen) atoms. The molecule has 0 N–H and O–H groups in total. The molecule has 1 fully saturated rings. The molecular weight excluding hydrogens is 392 g/mol. The average Bonchev–Trinajstić information content (AvgIpc) is 3.06. The second kappa shape index (κ2) is 7.23. The smallest absolute Gasteiger partial charge is 0.246 e. The number of benzene rings is 2. The number of fused-ring (bicyclic) bond motifs is 1. The first-order valence-electron chi connectivity index (χ1n) is 8.45. The van der Waals surface area contributed by atoms with Crippen LogP contribution in [0.4, 0.5) is 8.78 Å². The summed E-state index contributed by atoms with van der Waals surface area (Å²) < 4.78 is 54.9. The number of thiazole rings is 1. The van der Waals surface area contributed by atoms with Gasteiger partial charge < -0.3 is 0 Å². The monoisotopic (exact) mass is 409 g/mol. The van der Waals surface area contributed by atoms with Crippen molar-refractivity contribution in [2.45, 2.75) is 11.4 Å². The van der Waals surface area contributed by atoms with Crippen LogP contribution in [0.5, 0.6) is 0 Å². The highest BCUT2D eigenvalue weighted by Gasteiger charge is 2.31. The van der Waals surface area contributed by atoms with Gasteiger partial charge in [-0.3, -0.25) is 4.90 Å². The van der Waals surface area contributed by atoms with Crippen molar-refractivity contribution in [3.05, 3.63) is 59.1 Å². The molecule has 5 nitrogen and oxygen atoms in total. The van der Waals surface area contributed by atoms with Crippen molar-refractivity contribution in [3.63, 3.8) is 0 Å². The highest BCUT2D eigenvalue weighted by molar-refractivity contribution is 7.89. The van der Waals surface area contributed by atoms with Crippen LogP contribution in [-0.2, 0) is 16.6 Å². The van der Waals surface area contributed by atoms with Crippen LogP contribution in [-0.4, -0.2) is 48.8 Å². The highest BCUT2D eigenvalue weighted by Crippen LogP contribution is 2.25. The van der Waals surface area contributed by atoms with E-state index in [1.165, 1.54) is 4.31 Å². The molecule has 4 rings (SSSR count). The number of aromatic nitrogens is 1. The molecule has 2 heterocycles. The van der Waals surface area contributed by atoms with Crippen LogP contribution in [0.25, 0.3) is 10.2 Å². The minimum absolute atomic E-state index is 0.225. The lowest BCUT2D eigenvalue weighted by molar-refractivity contribution is 0.181. The molecule has 0 spiro atoms. The van der Waals surface area contributed by atoms with E-state index in [-0.39, 0.29) is 13.1 Å². The number of hydrogen-bond acceptors (Lipinski definition) is 5. The molecule has 1 aliphatic rings. The van der Waals surface area contributed by atoms with Crippen molar-refractivity contribution in [1.29, 1.82) is 0 Å². The van der Waals surface area contributed by atoms with Gasteiger partial charge in [-0.2, -0.15) is 4.31 Å². The summed E-state index contributed by atoms with van der Waals surface area (Å²) in [7, 11) is -4.05. The van der Waals surface area contributed by atoms with Crippen LogP contribution in [0.15, 0.2) is 47.4 Å². The summed E-state index contributed by atoms with van der Waals surface area (Å²) in [5, 5.41) is 0.976. The molecule has 2 aromatic carbocycles. The number of hydrogen-bond donors (Lipinski definition) is 0. The predicted octanol–water partition coefficient (Wildman–Crippen LogP) is 3.08. The van der Waals surface area contributed by atoms with Gasteiger partial charge >= 0.3 is 0 Å². The molecule has 142 valence electrons. The third-order valence-corrected chi connectivity index (χ3v) is 7.47. The summed E-state index contributed by atoms with van der Waals surface area (Å²) in [4.78, 5) is 6.10. The van der Waals surface area contributed by atoms with E-state index in [2.05, 4.69) is 9.88 Å². The topological polar surface area (TPSA) is 53.5 Å². The van der Waals surface area contributed by atoms with Crippen molar-refractivity contribution >= 4 is 31.6 Å². The molecule has 0 bridgehead atoms. The van der Waals surface area contributed by atoms with Crippen LogP contribution in [0.3, 0.4) is 0 Å². The molecule has 0 atom stereocenters. The molecule has 1 aromatic heterocycles. The van der Waals surface area contributed by atoms with Gasteiger partial charge in [-0.1, -0.05) is 12.1 Å². The van der Waals surface area contributed by atoms with Crippen molar-refractivity contribution < 1.29 is 17.2 Å². The Labute approximate surface area is 159 Å². The van der Waals surface area contributed by atoms with E-state index in [0.29, 0.717) is 19.6 Å². The third kappa shape index (κ3) is 3.73. The maximum atomic E-state index is 13.9. The van der Waals surface area contributed by atoms with Crippen LogP contribution in [0, 0.1) is 11.6 Å². The van der Waals surface area contributed by atoms with Crippen LogP contribution < -0.4 is 0 Å². The first-order valence-corrected chi connectivity index (χ1v) is 10.7. The molecule has 9 heteroatoms. The van der Waals surface area contributed by atoms with Crippen molar-refractivity contribution in [2.75, 3.05) is 26.2 Å². The van der Waals surface area contributed by atoms with Crippen LogP contribution in [0.1, 0.15) is 5.01 Å². The van der Waals surface area contributed by atoms with Gasteiger partial charge in [0.1, 0.15) is 21.5 Å². The summed E-state index contributed by atoms with van der Waals surface area (Å²) in [6, 6.07) is 10.4. The number of piperazine rings is 1. The predicted molar refractivity (Wildman–Crippen MR) is 100 cm³/mol. The second-order valence-electron chi connectivity index (χ2n) is 6.33. The zero-order valence-corrected chi connectivity index (χ0v) is 15.9. The largest absolute Gasteiger partial charge is 0.294 e. The van der Waals surface area contributed by atoms with E-state index in [9.17, 15) is 17.2 Å². The maximum Gasteiger partial charge on any atom is 0.246 e. The molecular formula is C18H17F2N3O2S2. The van der Waals surface area contributed by atoms with E-state index in [0.717, 1.165) is 33.4 Å². The minimum Gasteiger partial charge on any atom is -0.294 e. The summed E-state index contributed by atoms with van der Waals surface area (Å²) in [6.45, 7) is 2.10. The number of nitrogens with zero attached hydrogens (tertiary/aromatic N) is 3. The third-order valence-electron chi connectivity index (χ3n) is 4.54. The molecule has 3 aromatic rings. The lowest BCUT2D eigenvalue weighted by Gasteiger charge is -2.33. The Balaban J connectivity index is 1.44. The lowest BCUT2D eigenvalue weighted by Crippen LogP contribution is -2.48. The fourth-order valence-electron chi connectivity index (χ4n) is 3.12. The number of para-hydroxylation sites is 1. The Bertz CT molecular complexity index is 1040. The Morgan fingerprint density at radius 2 is 1.78 bits per heavy atom. The normalized spacial score (nSPS) is 16.8. The summed E-state index contributed by atoms with van der Waals surface area (Å²) in [5.41, 5.74) is 0.959. The molecule has 1 saturated heterocycles. The standard InChI is InChI=1S/C18H17F2N3O2S2/c19-13-5-6-14(20)17(11-13)27(24,25)23-9-7-22(8-10-23)12-18-21-15-3-1-2-4-16(15)26-18/h1-6,11H,7-10,12H2. The van der Waals surface area contributed by atoms with Crippen molar-refractivity contribution in [1.82, 2.24) is 14.2 Å². The summed E-state index contributed by atoms with van der Waals surface area (Å²) in [6.07, 6.45) is 0. The van der Waals surface area contributed by atoms with Crippen LogP contribution >= 0.6 is 11.3 Å². The zero-order chi connectivity index (χ0) is 19.0. The van der Waals surface area contributed by atoms with E-state index >= 15 is 0 Å². The SMILES string of the molecule is O=S(=O)(c1cc(F)ccc1F)N1CCN(Cc2nc3ccccc3s2)CC1. The Hall–Kier alpha value is -1.94. The van der Waals surface area contributed by atoms with E-state index < -0.39 is 26.6 Å². The molecule has 0 aliphatic carbocycles. The molecule has 0 unspecified atom stereocenters. The first kappa shape index (κ1) is 18.4. The highest BCUT2D eigenvalue weighted by atomic mass is 32.2. The van der Waals surface area contributed by atoms with E-state index in [1.807, 2.05) is 24.3 Å². The quantitative estimate of drug-likeness (QED) is 0.665. The fraction of sp³-hybridized carbons (Fsp3) is 0.278. The molecule has 1 aliphatic heterocycles.